The zero-order chi connectivity index (χ0) is 16.1. The van der Waals surface area contributed by atoms with Gasteiger partial charge in [0.1, 0.15) is 11.6 Å². The van der Waals surface area contributed by atoms with Gasteiger partial charge < -0.3 is 4.90 Å². The number of imide groups is 1. The van der Waals surface area contributed by atoms with E-state index >= 15 is 0 Å². The van der Waals surface area contributed by atoms with Crippen LogP contribution in [0, 0.1) is 11.3 Å². The Labute approximate surface area is 134 Å². The van der Waals surface area contributed by atoms with Crippen molar-refractivity contribution in [2.75, 3.05) is 25.0 Å². The molecule has 1 aromatic rings. The van der Waals surface area contributed by atoms with Gasteiger partial charge in [0.2, 0.25) is 0 Å². The van der Waals surface area contributed by atoms with E-state index in [1.54, 1.807) is 0 Å². The number of amides is 2. The van der Waals surface area contributed by atoms with Crippen LogP contribution in [0.5, 0.6) is 0 Å². The lowest BCUT2D eigenvalue weighted by molar-refractivity contribution is -0.135. The fourth-order valence-electron chi connectivity index (χ4n) is 3.96. The Hall–Kier alpha value is -2.61. The maximum atomic E-state index is 12.4. The van der Waals surface area contributed by atoms with E-state index in [1.165, 1.54) is 23.9 Å². The van der Waals surface area contributed by atoms with Gasteiger partial charge in [-0.1, -0.05) is 0 Å². The zero-order valence-electron chi connectivity index (χ0n) is 13.1. The average molecular weight is 307 g/mol. The first-order chi connectivity index (χ1) is 11.1. The molecule has 0 fully saturated rings. The Bertz CT molecular complexity index is 785. The van der Waals surface area contributed by atoms with Crippen molar-refractivity contribution in [3.8, 4) is 6.07 Å². The van der Waals surface area contributed by atoms with Gasteiger partial charge in [0.25, 0.3) is 11.8 Å². The van der Waals surface area contributed by atoms with Crippen LogP contribution in [-0.4, -0.2) is 36.9 Å². The van der Waals surface area contributed by atoms with Crippen molar-refractivity contribution in [2.24, 2.45) is 0 Å². The molecule has 0 N–H and O–H groups in total. The van der Waals surface area contributed by atoms with Crippen LogP contribution in [0.3, 0.4) is 0 Å². The molecule has 5 nitrogen and oxygen atoms in total. The number of carbonyl (C=O) groups is 2. The molecule has 3 heterocycles. The molecule has 3 aliphatic heterocycles. The van der Waals surface area contributed by atoms with Gasteiger partial charge in [-0.2, -0.15) is 5.26 Å². The summed E-state index contributed by atoms with van der Waals surface area (Å²) in [6.45, 7) is 2.18. The van der Waals surface area contributed by atoms with E-state index in [2.05, 4.69) is 4.90 Å². The van der Waals surface area contributed by atoms with Gasteiger partial charge in [-0.15, -0.1) is 0 Å². The Morgan fingerprint density at radius 2 is 1.65 bits per heavy atom. The summed E-state index contributed by atoms with van der Waals surface area (Å²) in [4.78, 5) is 27.9. The molecule has 23 heavy (non-hydrogen) atoms. The van der Waals surface area contributed by atoms with Gasteiger partial charge in [-0.05, 0) is 54.5 Å². The molecule has 4 rings (SSSR count). The lowest BCUT2D eigenvalue weighted by Crippen LogP contribution is -2.34. The Balaban J connectivity index is 1.91. The van der Waals surface area contributed by atoms with Crippen molar-refractivity contribution in [1.29, 1.82) is 5.26 Å². The Morgan fingerprint density at radius 3 is 2.22 bits per heavy atom. The predicted molar refractivity (Wildman–Crippen MR) is 85.6 cm³/mol. The fraction of sp³-hybridized carbons (Fsp3) is 0.389. The van der Waals surface area contributed by atoms with Crippen molar-refractivity contribution in [1.82, 2.24) is 4.90 Å². The maximum Gasteiger partial charge on any atom is 0.271 e. The number of anilines is 1. The fourth-order valence-corrected chi connectivity index (χ4v) is 3.96. The second-order valence-electron chi connectivity index (χ2n) is 6.37. The summed E-state index contributed by atoms with van der Waals surface area (Å²) in [5.74, 6) is -0.873. The molecule has 0 unspecified atom stereocenters. The Kier molecular flexibility index (Phi) is 3.02. The number of hydrogen-bond donors (Lipinski definition) is 0. The topological polar surface area (TPSA) is 64.4 Å². The molecule has 5 heteroatoms. The van der Waals surface area contributed by atoms with Crippen molar-refractivity contribution < 1.29 is 9.59 Å². The van der Waals surface area contributed by atoms with Gasteiger partial charge >= 0.3 is 0 Å². The van der Waals surface area contributed by atoms with E-state index < -0.39 is 5.91 Å². The molecule has 116 valence electrons. The summed E-state index contributed by atoms with van der Waals surface area (Å²) in [6, 6.07) is 5.94. The van der Waals surface area contributed by atoms with E-state index in [4.69, 9.17) is 0 Å². The van der Waals surface area contributed by atoms with E-state index in [1.807, 2.05) is 18.2 Å². The minimum atomic E-state index is -0.500. The number of aryl methyl sites for hydroxylation is 2. The molecule has 0 saturated carbocycles. The molecule has 0 aromatic heterocycles. The highest BCUT2D eigenvalue weighted by atomic mass is 16.2. The number of benzene rings is 1. The molecule has 0 saturated heterocycles. The van der Waals surface area contributed by atoms with Gasteiger partial charge in [0, 0.05) is 25.8 Å². The standard InChI is InChI=1S/C18H17N3O2/c1-20-17(22)14(10-19)15(18(20)23)13-8-11-4-2-6-21-7-3-5-12(9-13)16(11)21/h8-9H,2-7H2,1H3. The number of rotatable bonds is 1. The molecule has 0 spiro atoms. The smallest absolute Gasteiger partial charge is 0.271 e. The largest absolute Gasteiger partial charge is 0.371 e. The van der Waals surface area contributed by atoms with Gasteiger partial charge in [-0.3, -0.25) is 14.5 Å². The van der Waals surface area contributed by atoms with Crippen LogP contribution in [0.15, 0.2) is 17.7 Å². The maximum absolute atomic E-state index is 12.4. The number of nitriles is 1. The van der Waals surface area contributed by atoms with Crippen molar-refractivity contribution in [3.05, 3.63) is 34.4 Å². The molecule has 0 bridgehead atoms. The van der Waals surface area contributed by atoms with Gasteiger partial charge in [0.05, 0.1) is 5.57 Å². The molecule has 0 aliphatic carbocycles. The average Bonchev–Trinajstić information content (AvgIpc) is 2.79. The van der Waals surface area contributed by atoms with Gasteiger partial charge in [-0.25, -0.2) is 0 Å². The molecular formula is C18H17N3O2. The second-order valence-corrected chi connectivity index (χ2v) is 6.37. The molecule has 1 aromatic carbocycles. The summed E-state index contributed by atoms with van der Waals surface area (Å²) in [7, 11) is 1.43. The molecule has 3 aliphatic rings. The minimum absolute atomic E-state index is 0.0341. The van der Waals surface area contributed by atoms with Crippen molar-refractivity contribution in [2.45, 2.75) is 25.7 Å². The lowest BCUT2D eigenvalue weighted by Gasteiger charge is -2.37. The summed E-state index contributed by atoms with van der Waals surface area (Å²) in [5.41, 5.74) is 4.75. The highest BCUT2D eigenvalue weighted by Crippen LogP contribution is 2.39. The quantitative estimate of drug-likeness (QED) is 0.740. The third-order valence-electron chi connectivity index (χ3n) is 5.02. The van der Waals surface area contributed by atoms with Crippen LogP contribution in [0.2, 0.25) is 0 Å². The number of likely N-dealkylation sites (N-methyl/N-ethyl adjacent to an activating group) is 1. The SMILES string of the molecule is CN1C(=O)C(C#N)=C(c2cc3c4c(c2)CCCN4CCC3)C1=O. The summed E-state index contributed by atoms with van der Waals surface area (Å²) >= 11 is 0. The minimum Gasteiger partial charge on any atom is -0.371 e. The first-order valence-corrected chi connectivity index (χ1v) is 7.99. The van der Waals surface area contributed by atoms with E-state index in [0.717, 1.165) is 49.2 Å². The number of hydrogen-bond acceptors (Lipinski definition) is 4. The van der Waals surface area contributed by atoms with E-state index in [0.29, 0.717) is 0 Å². The van der Waals surface area contributed by atoms with Crippen molar-refractivity contribution >= 4 is 23.1 Å². The van der Waals surface area contributed by atoms with Crippen LogP contribution >= 0.6 is 0 Å². The lowest BCUT2D eigenvalue weighted by atomic mass is 9.87. The zero-order valence-corrected chi connectivity index (χ0v) is 13.1. The molecular weight excluding hydrogens is 290 g/mol. The van der Waals surface area contributed by atoms with Crippen LogP contribution in [0.1, 0.15) is 29.5 Å². The third-order valence-corrected chi connectivity index (χ3v) is 5.02. The summed E-state index contributed by atoms with van der Waals surface area (Å²) < 4.78 is 0. The monoisotopic (exact) mass is 307 g/mol. The van der Waals surface area contributed by atoms with Crippen molar-refractivity contribution in [3.63, 3.8) is 0 Å². The first kappa shape index (κ1) is 14.0. The summed E-state index contributed by atoms with van der Waals surface area (Å²) in [6.07, 6.45) is 4.18. The van der Waals surface area contributed by atoms with Crippen LogP contribution < -0.4 is 4.90 Å². The highest BCUT2D eigenvalue weighted by molar-refractivity contribution is 6.37. The van der Waals surface area contributed by atoms with E-state index in [9.17, 15) is 14.9 Å². The molecule has 0 atom stereocenters. The van der Waals surface area contributed by atoms with Crippen LogP contribution in [0.25, 0.3) is 5.57 Å². The number of nitrogens with zero attached hydrogens (tertiary/aromatic N) is 3. The number of carbonyl (C=O) groups excluding carboxylic acids is 2. The second kappa shape index (κ2) is 4.95. The molecule has 0 radical (unpaired) electrons. The van der Waals surface area contributed by atoms with Gasteiger partial charge in [0.15, 0.2) is 0 Å². The van der Waals surface area contributed by atoms with Crippen LogP contribution in [0.4, 0.5) is 5.69 Å². The first-order valence-electron chi connectivity index (χ1n) is 7.99. The highest BCUT2D eigenvalue weighted by Gasteiger charge is 2.37. The van der Waals surface area contributed by atoms with Crippen LogP contribution in [-0.2, 0) is 22.4 Å². The predicted octanol–water partition coefficient (Wildman–Crippen LogP) is 1.66. The third kappa shape index (κ3) is 1.91. The Morgan fingerprint density at radius 1 is 1.04 bits per heavy atom. The normalized spacial score (nSPS) is 20.0. The van der Waals surface area contributed by atoms with E-state index in [-0.39, 0.29) is 17.1 Å². The summed E-state index contributed by atoms with van der Waals surface area (Å²) in [5, 5.41) is 9.31. The molecule has 2 amide bonds.